The third kappa shape index (κ3) is 3.36. The van der Waals surface area contributed by atoms with Crippen LogP contribution in [0.3, 0.4) is 0 Å². The lowest BCUT2D eigenvalue weighted by atomic mass is 10.1. The lowest BCUT2D eigenvalue weighted by molar-refractivity contribution is 0.0937. The molecule has 0 spiro atoms. The number of thiophene rings is 1. The van der Waals surface area contributed by atoms with Gasteiger partial charge in [0.25, 0.3) is 5.91 Å². The first-order valence-electron chi connectivity index (χ1n) is 6.01. The largest absolute Gasteiger partial charge is 0.398 e. The summed E-state index contributed by atoms with van der Waals surface area (Å²) >= 11 is 5.00. The van der Waals surface area contributed by atoms with Crippen LogP contribution in [0.2, 0.25) is 0 Å². The van der Waals surface area contributed by atoms with Gasteiger partial charge in [-0.25, -0.2) is 0 Å². The summed E-state index contributed by atoms with van der Waals surface area (Å²) in [6, 6.07) is 9.34. The van der Waals surface area contributed by atoms with Crippen LogP contribution in [0, 0.1) is 0 Å². The zero-order chi connectivity index (χ0) is 13.8. The number of halogens is 1. The highest BCUT2D eigenvalue weighted by molar-refractivity contribution is 9.10. The molecule has 1 heterocycles. The summed E-state index contributed by atoms with van der Waals surface area (Å²) in [6.45, 7) is 2.05. The fourth-order valence-corrected chi connectivity index (χ4v) is 3.05. The van der Waals surface area contributed by atoms with Gasteiger partial charge in [0.1, 0.15) is 0 Å². The summed E-state index contributed by atoms with van der Waals surface area (Å²) in [6.07, 6.45) is 0.847. The summed E-state index contributed by atoms with van der Waals surface area (Å²) in [5.41, 5.74) is 6.84. The van der Waals surface area contributed by atoms with Crippen LogP contribution in [-0.2, 0) is 0 Å². The van der Waals surface area contributed by atoms with Gasteiger partial charge < -0.3 is 11.1 Å². The van der Waals surface area contributed by atoms with Crippen molar-refractivity contribution in [2.75, 3.05) is 5.73 Å². The molecule has 1 aromatic heterocycles. The zero-order valence-electron chi connectivity index (χ0n) is 10.5. The van der Waals surface area contributed by atoms with Crippen LogP contribution < -0.4 is 11.1 Å². The van der Waals surface area contributed by atoms with E-state index in [1.807, 2.05) is 23.6 Å². The Morgan fingerprint density at radius 2 is 2.26 bits per heavy atom. The Labute approximate surface area is 125 Å². The van der Waals surface area contributed by atoms with Crippen LogP contribution in [0.4, 0.5) is 5.69 Å². The number of nitrogen functional groups attached to an aromatic ring is 1. The second-order valence-corrected chi connectivity index (χ2v) is 6.08. The summed E-state index contributed by atoms with van der Waals surface area (Å²) in [4.78, 5) is 13.4. The molecule has 1 amide bonds. The molecule has 0 fully saturated rings. The van der Waals surface area contributed by atoms with E-state index in [0.717, 1.165) is 15.8 Å². The standard InChI is InChI=1S/C14H15BrN2OS/c1-2-12(13-4-3-7-19-13)17-14(18)10-8-9(15)5-6-11(10)16/h3-8,12H,2,16H2,1H3,(H,17,18). The minimum absolute atomic E-state index is 0.0332. The average Bonchev–Trinajstić information content (AvgIpc) is 2.92. The van der Waals surface area contributed by atoms with Crippen molar-refractivity contribution in [1.29, 1.82) is 0 Å². The minimum Gasteiger partial charge on any atom is -0.398 e. The van der Waals surface area contributed by atoms with Crippen molar-refractivity contribution in [1.82, 2.24) is 5.32 Å². The lowest BCUT2D eigenvalue weighted by Gasteiger charge is -2.16. The minimum atomic E-state index is -0.140. The quantitative estimate of drug-likeness (QED) is 0.828. The Morgan fingerprint density at radius 1 is 1.47 bits per heavy atom. The van der Waals surface area contributed by atoms with E-state index in [2.05, 4.69) is 28.2 Å². The van der Waals surface area contributed by atoms with Crippen molar-refractivity contribution in [3.8, 4) is 0 Å². The van der Waals surface area contributed by atoms with E-state index in [-0.39, 0.29) is 11.9 Å². The van der Waals surface area contributed by atoms with Crippen molar-refractivity contribution >= 4 is 38.9 Å². The van der Waals surface area contributed by atoms with Crippen LogP contribution in [0.25, 0.3) is 0 Å². The molecule has 2 aromatic rings. The molecule has 100 valence electrons. The lowest BCUT2D eigenvalue weighted by Crippen LogP contribution is -2.28. The number of carbonyl (C=O) groups excluding carboxylic acids is 1. The normalized spacial score (nSPS) is 12.1. The van der Waals surface area contributed by atoms with Crippen LogP contribution in [0.5, 0.6) is 0 Å². The first kappa shape index (κ1) is 14.1. The Hall–Kier alpha value is -1.33. The number of anilines is 1. The average molecular weight is 339 g/mol. The van der Waals surface area contributed by atoms with Gasteiger partial charge in [0.15, 0.2) is 0 Å². The Morgan fingerprint density at radius 3 is 2.89 bits per heavy atom. The summed E-state index contributed by atoms with van der Waals surface area (Å²) < 4.78 is 0.844. The Bertz CT molecular complexity index is 569. The maximum Gasteiger partial charge on any atom is 0.253 e. The van der Waals surface area contributed by atoms with Gasteiger partial charge in [0.2, 0.25) is 0 Å². The smallest absolute Gasteiger partial charge is 0.253 e. The molecule has 19 heavy (non-hydrogen) atoms. The molecule has 1 aromatic carbocycles. The van der Waals surface area contributed by atoms with E-state index < -0.39 is 0 Å². The SMILES string of the molecule is CCC(NC(=O)c1cc(Br)ccc1N)c1cccs1. The monoisotopic (exact) mass is 338 g/mol. The summed E-state index contributed by atoms with van der Waals surface area (Å²) in [5.74, 6) is -0.140. The van der Waals surface area contributed by atoms with E-state index in [0.29, 0.717) is 11.3 Å². The second kappa shape index (κ2) is 6.21. The first-order valence-corrected chi connectivity index (χ1v) is 7.68. The molecule has 0 radical (unpaired) electrons. The Balaban J connectivity index is 2.18. The van der Waals surface area contributed by atoms with Crippen LogP contribution in [-0.4, -0.2) is 5.91 Å². The highest BCUT2D eigenvalue weighted by Crippen LogP contribution is 2.24. The predicted molar refractivity (Wildman–Crippen MR) is 83.4 cm³/mol. The predicted octanol–water partition coefficient (Wildman–Crippen LogP) is 3.97. The van der Waals surface area contributed by atoms with Gasteiger partial charge in [-0.15, -0.1) is 11.3 Å². The maximum atomic E-state index is 12.3. The van der Waals surface area contributed by atoms with Crippen LogP contribution in [0.15, 0.2) is 40.2 Å². The fourth-order valence-electron chi connectivity index (χ4n) is 1.83. The topological polar surface area (TPSA) is 55.1 Å². The van der Waals surface area contributed by atoms with E-state index in [1.165, 1.54) is 0 Å². The van der Waals surface area contributed by atoms with Crippen molar-refractivity contribution in [3.05, 3.63) is 50.6 Å². The van der Waals surface area contributed by atoms with E-state index in [4.69, 9.17) is 5.73 Å². The van der Waals surface area contributed by atoms with Crippen molar-refractivity contribution in [2.24, 2.45) is 0 Å². The van der Waals surface area contributed by atoms with Crippen molar-refractivity contribution in [3.63, 3.8) is 0 Å². The maximum absolute atomic E-state index is 12.3. The van der Waals surface area contributed by atoms with Crippen molar-refractivity contribution in [2.45, 2.75) is 19.4 Å². The molecular formula is C14H15BrN2OS. The molecule has 3 N–H and O–H groups in total. The number of carbonyl (C=O) groups is 1. The molecule has 0 aliphatic heterocycles. The second-order valence-electron chi connectivity index (χ2n) is 4.18. The summed E-state index contributed by atoms with van der Waals surface area (Å²) in [7, 11) is 0. The number of rotatable bonds is 4. The number of nitrogens with one attached hydrogen (secondary N) is 1. The summed E-state index contributed by atoms with van der Waals surface area (Å²) in [5, 5.41) is 5.04. The van der Waals surface area contributed by atoms with E-state index in [9.17, 15) is 4.79 Å². The van der Waals surface area contributed by atoms with Crippen LogP contribution >= 0.6 is 27.3 Å². The van der Waals surface area contributed by atoms with Crippen LogP contribution in [0.1, 0.15) is 34.6 Å². The van der Waals surface area contributed by atoms with E-state index in [1.54, 1.807) is 23.5 Å². The molecule has 0 bridgehead atoms. The third-order valence-corrected chi connectivity index (χ3v) is 4.34. The molecule has 2 rings (SSSR count). The molecule has 0 aliphatic carbocycles. The molecular weight excluding hydrogens is 324 g/mol. The third-order valence-electron chi connectivity index (χ3n) is 2.86. The molecule has 0 saturated carbocycles. The van der Waals surface area contributed by atoms with Gasteiger partial charge >= 0.3 is 0 Å². The number of hydrogen-bond donors (Lipinski definition) is 2. The molecule has 5 heteroatoms. The van der Waals surface area contributed by atoms with Gasteiger partial charge in [-0.1, -0.05) is 28.9 Å². The number of amides is 1. The molecule has 1 atom stereocenters. The highest BCUT2D eigenvalue weighted by Gasteiger charge is 2.16. The van der Waals surface area contributed by atoms with Gasteiger partial charge in [0.05, 0.1) is 11.6 Å². The van der Waals surface area contributed by atoms with E-state index >= 15 is 0 Å². The van der Waals surface area contributed by atoms with Gasteiger partial charge in [-0.3, -0.25) is 4.79 Å². The number of benzene rings is 1. The number of nitrogens with two attached hydrogens (primary N) is 1. The first-order chi connectivity index (χ1) is 9.11. The zero-order valence-corrected chi connectivity index (χ0v) is 12.9. The van der Waals surface area contributed by atoms with Crippen molar-refractivity contribution < 1.29 is 4.79 Å². The molecule has 1 unspecified atom stereocenters. The fraction of sp³-hybridized carbons (Fsp3) is 0.214. The van der Waals surface area contributed by atoms with Gasteiger partial charge in [-0.05, 0) is 36.1 Å². The molecule has 0 aliphatic rings. The van der Waals surface area contributed by atoms with Gasteiger partial charge in [-0.2, -0.15) is 0 Å². The highest BCUT2D eigenvalue weighted by atomic mass is 79.9. The molecule has 3 nitrogen and oxygen atoms in total. The Kier molecular flexibility index (Phi) is 4.61. The number of hydrogen-bond acceptors (Lipinski definition) is 3. The molecule has 0 saturated heterocycles. The van der Waals surface area contributed by atoms with Gasteiger partial charge in [0, 0.05) is 15.0 Å².